The average Bonchev–Trinajstić information content (AvgIpc) is 2.47. The highest BCUT2D eigenvalue weighted by molar-refractivity contribution is 6.38. The number of carbonyl (C=O) groups excluding carboxylic acids is 1. The number of rotatable bonds is 3. The fourth-order valence-electron chi connectivity index (χ4n) is 1.83. The minimum atomic E-state index is -1.07. The van der Waals surface area contributed by atoms with Crippen LogP contribution in [-0.4, -0.2) is 11.4 Å². The predicted molar refractivity (Wildman–Crippen MR) is 84.3 cm³/mol. The summed E-state index contributed by atoms with van der Waals surface area (Å²) in [6, 6.07) is 6.32. The Morgan fingerprint density at radius 3 is 2.68 bits per heavy atom. The van der Waals surface area contributed by atoms with Gasteiger partial charge in [0.05, 0.1) is 11.1 Å². The van der Waals surface area contributed by atoms with E-state index >= 15 is 0 Å². The lowest BCUT2D eigenvalue weighted by molar-refractivity contribution is 0.0919. The molecule has 114 valence electrons. The molecule has 0 bridgehead atoms. The van der Waals surface area contributed by atoms with Gasteiger partial charge in [0.15, 0.2) is 5.58 Å². The van der Waals surface area contributed by atoms with Crippen molar-refractivity contribution in [3.63, 3.8) is 0 Å². The van der Waals surface area contributed by atoms with Gasteiger partial charge in [0.1, 0.15) is 11.1 Å². The van der Waals surface area contributed by atoms with E-state index in [0.717, 1.165) is 0 Å². The lowest BCUT2D eigenvalue weighted by Gasteiger charge is -2.20. The number of carbonyl (C=O) groups is 1. The van der Waals surface area contributed by atoms with Crippen molar-refractivity contribution in [2.24, 2.45) is 0 Å². The first kappa shape index (κ1) is 16.3. The van der Waals surface area contributed by atoms with Crippen molar-refractivity contribution in [1.29, 1.82) is 5.26 Å². The molecule has 22 heavy (non-hydrogen) atoms. The maximum absolute atomic E-state index is 12.2. The Kier molecular flexibility index (Phi) is 4.45. The smallest absolute Gasteiger partial charge is 0.349 e. The van der Waals surface area contributed by atoms with Crippen LogP contribution >= 0.6 is 23.2 Å². The van der Waals surface area contributed by atoms with Crippen molar-refractivity contribution < 1.29 is 9.21 Å². The van der Waals surface area contributed by atoms with Crippen molar-refractivity contribution in [2.75, 3.05) is 0 Å². The molecule has 0 fully saturated rings. The highest BCUT2D eigenvalue weighted by Gasteiger charge is 2.26. The summed E-state index contributed by atoms with van der Waals surface area (Å²) in [6.45, 7) is 3.33. The molecule has 0 aliphatic carbocycles. The quantitative estimate of drug-likeness (QED) is 0.867. The van der Waals surface area contributed by atoms with Gasteiger partial charge < -0.3 is 9.73 Å². The zero-order chi connectivity index (χ0) is 16.5. The van der Waals surface area contributed by atoms with Gasteiger partial charge in [-0.25, -0.2) is 4.79 Å². The second-order valence-electron chi connectivity index (χ2n) is 5.01. The Labute approximate surface area is 136 Å². The standard InChI is InChI=1S/C15H12Cl2N2O3/c1-3-15(2,7-18)19-13(20)10-5-8-4-9(16)6-11(17)12(8)22-14(10)21/h4-6H,3H2,1-2H3,(H,19,20)/t15-/m0/s1. The van der Waals surface area contributed by atoms with Gasteiger partial charge in [-0.3, -0.25) is 4.79 Å². The van der Waals surface area contributed by atoms with Gasteiger partial charge in [0.25, 0.3) is 5.91 Å². The number of halogens is 2. The summed E-state index contributed by atoms with van der Waals surface area (Å²) in [6.07, 6.45) is 0.395. The Balaban J connectivity index is 2.53. The molecule has 0 aliphatic heterocycles. The molecule has 0 aliphatic rings. The van der Waals surface area contributed by atoms with Crippen LogP contribution < -0.4 is 10.9 Å². The average molecular weight is 339 g/mol. The summed E-state index contributed by atoms with van der Waals surface area (Å²) in [4.78, 5) is 24.2. The molecule has 0 saturated carbocycles. The summed E-state index contributed by atoms with van der Waals surface area (Å²) in [7, 11) is 0. The van der Waals surface area contributed by atoms with E-state index in [-0.39, 0.29) is 16.2 Å². The molecule has 1 atom stereocenters. The molecular weight excluding hydrogens is 327 g/mol. The van der Waals surface area contributed by atoms with Crippen LogP contribution in [0.5, 0.6) is 0 Å². The normalized spacial score (nSPS) is 13.4. The van der Waals surface area contributed by atoms with E-state index in [4.69, 9.17) is 32.9 Å². The van der Waals surface area contributed by atoms with Crippen LogP contribution in [0, 0.1) is 11.3 Å². The number of benzene rings is 1. The van der Waals surface area contributed by atoms with Crippen LogP contribution in [0.3, 0.4) is 0 Å². The number of hydrogen-bond donors (Lipinski definition) is 1. The van der Waals surface area contributed by atoms with Crippen molar-refractivity contribution in [3.05, 3.63) is 44.2 Å². The van der Waals surface area contributed by atoms with Crippen LogP contribution in [0.1, 0.15) is 30.6 Å². The van der Waals surface area contributed by atoms with Crippen molar-refractivity contribution in [2.45, 2.75) is 25.8 Å². The number of nitrogens with one attached hydrogen (secondary N) is 1. The number of amides is 1. The summed E-state index contributed by atoms with van der Waals surface area (Å²) in [5.74, 6) is -0.683. The molecule has 7 heteroatoms. The van der Waals surface area contributed by atoms with Gasteiger partial charge in [-0.1, -0.05) is 30.1 Å². The summed E-state index contributed by atoms with van der Waals surface area (Å²) in [5, 5.41) is 12.6. The molecule has 1 amide bonds. The van der Waals surface area contributed by atoms with Crippen LogP contribution in [0.2, 0.25) is 10.0 Å². The molecular formula is C15H12Cl2N2O3. The van der Waals surface area contributed by atoms with E-state index in [9.17, 15) is 9.59 Å². The van der Waals surface area contributed by atoms with Crippen molar-refractivity contribution >= 4 is 40.1 Å². The highest BCUT2D eigenvalue weighted by atomic mass is 35.5. The van der Waals surface area contributed by atoms with Crippen LogP contribution in [0.4, 0.5) is 0 Å². The second kappa shape index (κ2) is 5.99. The maximum Gasteiger partial charge on any atom is 0.349 e. The first-order chi connectivity index (χ1) is 10.3. The Morgan fingerprint density at radius 2 is 2.09 bits per heavy atom. The van der Waals surface area contributed by atoms with Crippen LogP contribution in [0.25, 0.3) is 11.0 Å². The number of nitriles is 1. The molecule has 1 heterocycles. The van der Waals surface area contributed by atoms with Crippen molar-refractivity contribution in [1.82, 2.24) is 5.32 Å². The molecule has 2 aromatic rings. The monoisotopic (exact) mass is 338 g/mol. The Morgan fingerprint density at radius 1 is 1.41 bits per heavy atom. The van der Waals surface area contributed by atoms with Crippen LogP contribution in [0.15, 0.2) is 27.4 Å². The SMILES string of the molecule is CC[C@@](C)(C#N)NC(=O)c1cc2cc(Cl)cc(Cl)c2oc1=O. The molecule has 0 unspecified atom stereocenters. The molecule has 5 nitrogen and oxygen atoms in total. The first-order valence-electron chi connectivity index (χ1n) is 6.46. The van der Waals surface area contributed by atoms with E-state index in [0.29, 0.717) is 16.8 Å². The Bertz CT molecular complexity index is 854. The topological polar surface area (TPSA) is 83.1 Å². The van der Waals surface area contributed by atoms with Gasteiger partial charge >= 0.3 is 5.63 Å². The fourth-order valence-corrected chi connectivity index (χ4v) is 2.38. The third kappa shape index (κ3) is 3.08. The van der Waals surface area contributed by atoms with Gasteiger partial charge in [0, 0.05) is 10.4 Å². The molecule has 1 aromatic heterocycles. The van der Waals surface area contributed by atoms with E-state index in [1.165, 1.54) is 18.2 Å². The minimum absolute atomic E-state index is 0.158. The van der Waals surface area contributed by atoms with E-state index in [1.807, 2.05) is 6.07 Å². The van der Waals surface area contributed by atoms with Gasteiger partial charge in [-0.15, -0.1) is 0 Å². The van der Waals surface area contributed by atoms with E-state index in [2.05, 4.69) is 5.32 Å². The highest BCUT2D eigenvalue weighted by Crippen LogP contribution is 2.27. The Hall–Kier alpha value is -2.03. The lowest BCUT2D eigenvalue weighted by atomic mass is 10.0. The lowest BCUT2D eigenvalue weighted by Crippen LogP contribution is -2.45. The fraction of sp³-hybridized carbons (Fsp3) is 0.267. The minimum Gasteiger partial charge on any atom is -0.421 e. The van der Waals surface area contributed by atoms with Gasteiger partial charge in [-0.05, 0) is 31.5 Å². The molecule has 0 saturated heterocycles. The van der Waals surface area contributed by atoms with E-state index in [1.54, 1.807) is 13.8 Å². The summed E-state index contributed by atoms with van der Waals surface area (Å²) in [5.41, 5.74) is -1.94. The van der Waals surface area contributed by atoms with Crippen molar-refractivity contribution in [3.8, 4) is 6.07 Å². The van der Waals surface area contributed by atoms with Gasteiger partial charge in [0.2, 0.25) is 0 Å². The molecule has 1 N–H and O–H groups in total. The summed E-state index contributed by atoms with van der Waals surface area (Å²) < 4.78 is 5.09. The first-order valence-corrected chi connectivity index (χ1v) is 7.22. The maximum atomic E-state index is 12.2. The largest absolute Gasteiger partial charge is 0.421 e. The number of nitrogens with zero attached hydrogens (tertiary/aromatic N) is 1. The second-order valence-corrected chi connectivity index (χ2v) is 5.85. The number of fused-ring (bicyclic) bond motifs is 1. The van der Waals surface area contributed by atoms with Crippen LogP contribution in [-0.2, 0) is 0 Å². The molecule has 0 spiro atoms. The zero-order valence-electron chi connectivity index (χ0n) is 11.9. The third-order valence-corrected chi connectivity index (χ3v) is 3.84. The summed E-state index contributed by atoms with van der Waals surface area (Å²) >= 11 is 11.9. The molecule has 2 rings (SSSR count). The van der Waals surface area contributed by atoms with Gasteiger partial charge in [-0.2, -0.15) is 5.26 Å². The number of hydrogen-bond acceptors (Lipinski definition) is 4. The predicted octanol–water partition coefficient (Wildman–Crippen LogP) is 3.52. The zero-order valence-corrected chi connectivity index (χ0v) is 13.4. The molecule has 1 aromatic carbocycles. The molecule has 0 radical (unpaired) electrons. The third-order valence-electron chi connectivity index (χ3n) is 3.34. The van der Waals surface area contributed by atoms with E-state index < -0.39 is 17.1 Å².